The first kappa shape index (κ1) is 22.5. The molecule has 1 fully saturated rings. The van der Waals surface area contributed by atoms with E-state index in [-0.39, 0.29) is 42.0 Å². The molecule has 2 unspecified atom stereocenters. The molecule has 0 aromatic heterocycles. The van der Waals surface area contributed by atoms with E-state index in [2.05, 4.69) is 22.5 Å². The van der Waals surface area contributed by atoms with Crippen LogP contribution in [0, 0.1) is 6.92 Å². The molecule has 0 radical (unpaired) electrons. The average Bonchev–Trinajstić information content (AvgIpc) is 3.08. The summed E-state index contributed by atoms with van der Waals surface area (Å²) in [5.74, 6) is 1.83. The zero-order valence-electron chi connectivity index (χ0n) is 16.1. The second-order valence-corrected chi connectivity index (χ2v) is 6.52. The number of carbonyl (C=O) groups is 1. The largest absolute Gasteiger partial charge is 0.489 e. The van der Waals surface area contributed by atoms with Gasteiger partial charge in [-0.15, -0.1) is 24.0 Å². The highest BCUT2D eigenvalue weighted by atomic mass is 127. The maximum Gasteiger partial charge on any atom is 0.222 e. The van der Waals surface area contributed by atoms with Crippen molar-refractivity contribution in [3.63, 3.8) is 0 Å². The zero-order chi connectivity index (χ0) is 18.2. The van der Waals surface area contributed by atoms with Crippen LogP contribution in [0.1, 0.15) is 32.3 Å². The molecule has 0 bridgehead atoms. The lowest BCUT2D eigenvalue weighted by molar-refractivity contribution is -0.129. The van der Waals surface area contributed by atoms with E-state index in [0.717, 1.165) is 31.2 Å². The lowest BCUT2D eigenvalue weighted by atomic mass is 10.2. The van der Waals surface area contributed by atoms with E-state index in [1.54, 1.807) is 7.05 Å². The Balaban J connectivity index is 0.00000338. The maximum absolute atomic E-state index is 11.8. The topological polar surface area (TPSA) is 66.0 Å². The van der Waals surface area contributed by atoms with Crippen LogP contribution in [0.3, 0.4) is 0 Å². The van der Waals surface area contributed by atoms with E-state index in [4.69, 9.17) is 4.74 Å². The first-order valence-electron chi connectivity index (χ1n) is 9.00. The van der Waals surface area contributed by atoms with Gasteiger partial charge in [0.25, 0.3) is 0 Å². The first-order valence-corrected chi connectivity index (χ1v) is 9.00. The van der Waals surface area contributed by atoms with Crippen LogP contribution in [-0.2, 0) is 4.79 Å². The third-order valence-electron chi connectivity index (χ3n) is 4.32. The molecule has 1 saturated heterocycles. The van der Waals surface area contributed by atoms with Crippen molar-refractivity contribution in [1.29, 1.82) is 0 Å². The molecule has 1 heterocycles. The fourth-order valence-corrected chi connectivity index (χ4v) is 2.85. The lowest BCUT2D eigenvalue weighted by Crippen LogP contribution is -2.47. The minimum Gasteiger partial charge on any atom is -0.489 e. The zero-order valence-corrected chi connectivity index (χ0v) is 18.4. The number of likely N-dealkylation sites (tertiary alicyclic amines) is 1. The lowest BCUT2D eigenvalue weighted by Gasteiger charge is -2.21. The van der Waals surface area contributed by atoms with E-state index in [1.807, 2.05) is 43.0 Å². The third kappa shape index (κ3) is 7.01. The predicted octanol–water partition coefficient (Wildman–Crippen LogP) is 2.56. The Morgan fingerprint density at radius 1 is 1.38 bits per heavy atom. The number of aliphatic imine (C=N–C) groups is 1. The Bertz CT molecular complexity index is 592. The van der Waals surface area contributed by atoms with E-state index in [1.165, 1.54) is 5.56 Å². The number of aryl methyl sites for hydroxylation is 1. The Morgan fingerprint density at radius 2 is 2.08 bits per heavy atom. The van der Waals surface area contributed by atoms with Crippen molar-refractivity contribution >= 4 is 35.8 Å². The molecule has 7 heteroatoms. The Morgan fingerprint density at radius 3 is 2.69 bits per heavy atom. The number of nitrogens with one attached hydrogen (secondary N) is 2. The minimum atomic E-state index is 0. The quantitative estimate of drug-likeness (QED) is 0.378. The molecule has 1 aliphatic rings. The highest BCUT2D eigenvalue weighted by Gasteiger charge is 2.25. The van der Waals surface area contributed by atoms with Crippen molar-refractivity contribution in [3.05, 3.63) is 29.8 Å². The van der Waals surface area contributed by atoms with Crippen molar-refractivity contribution < 1.29 is 9.53 Å². The van der Waals surface area contributed by atoms with Crippen molar-refractivity contribution in [1.82, 2.24) is 15.5 Å². The molecule has 2 rings (SSSR count). The van der Waals surface area contributed by atoms with Crippen molar-refractivity contribution in [2.45, 2.75) is 45.8 Å². The van der Waals surface area contributed by atoms with Gasteiger partial charge in [-0.2, -0.15) is 0 Å². The van der Waals surface area contributed by atoms with Gasteiger partial charge in [0.05, 0.1) is 6.54 Å². The van der Waals surface area contributed by atoms with Gasteiger partial charge in [-0.1, -0.05) is 24.6 Å². The van der Waals surface area contributed by atoms with Gasteiger partial charge >= 0.3 is 0 Å². The number of rotatable bonds is 6. The molecule has 2 atom stereocenters. The van der Waals surface area contributed by atoms with E-state index >= 15 is 0 Å². The van der Waals surface area contributed by atoms with Crippen LogP contribution in [0.25, 0.3) is 0 Å². The normalized spacial score (nSPS) is 18.1. The van der Waals surface area contributed by atoms with Crippen molar-refractivity contribution in [2.75, 3.05) is 26.7 Å². The average molecular weight is 474 g/mol. The number of guanidine groups is 1. The molecular formula is C19H31IN4O2. The van der Waals surface area contributed by atoms with Crippen molar-refractivity contribution in [2.24, 2.45) is 4.99 Å². The number of halogens is 1. The maximum atomic E-state index is 11.8. The Labute approximate surface area is 173 Å². The summed E-state index contributed by atoms with van der Waals surface area (Å²) in [7, 11) is 1.75. The van der Waals surface area contributed by atoms with E-state index in [9.17, 15) is 4.79 Å². The molecule has 6 nitrogen and oxygen atoms in total. The molecule has 146 valence electrons. The number of hydrogen-bond donors (Lipinski definition) is 2. The fourth-order valence-electron chi connectivity index (χ4n) is 2.85. The number of hydrogen-bond acceptors (Lipinski definition) is 3. The van der Waals surface area contributed by atoms with Crippen LogP contribution in [0.4, 0.5) is 0 Å². The van der Waals surface area contributed by atoms with Gasteiger partial charge in [-0.3, -0.25) is 9.79 Å². The number of carbonyl (C=O) groups excluding carboxylic acids is 1. The Kier molecular flexibility index (Phi) is 9.75. The molecule has 0 saturated carbocycles. The second-order valence-electron chi connectivity index (χ2n) is 6.52. The summed E-state index contributed by atoms with van der Waals surface area (Å²) in [6, 6.07) is 8.29. The summed E-state index contributed by atoms with van der Waals surface area (Å²) in [5, 5.41) is 6.69. The summed E-state index contributed by atoms with van der Waals surface area (Å²) in [5.41, 5.74) is 1.22. The predicted molar refractivity (Wildman–Crippen MR) is 116 cm³/mol. The number of ether oxygens (including phenoxy) is 1. The van der Waals surface area contributed by atoms with Crippen LogP contribution < -0.4 is 15.4 Å². The highest BCUT2D eigenvalue weighted by Crippen LogP contribution is 2.13. The molecule has 0 aliphatic carbocycles. The molecule has 1 aromatic rings. The highest BCUT2D eigenvalue weighted by molar-refractivity contribution is 14.0. The van der Waals surface area contributed by atoms with Gasteiger partial charge in [-0.05, 0) is 32.4 Å². The minimum absolute atomic E-state index is 0. The van der Waals surface area contributed by atoms with Gasteiger partial charge in [0.1, 0.15) is 11.9 Å². The van der Waals surface area contributed by atoms with Gasteiger partial charge in [0.2, 0.25) is 5.91 Å². The molecular weight excluding hydrogens is 443 g/mol. The summed E-state index contributed by atoms with van der Waals surface area (Å²) >= 11 is 0. The summed E-state index contributed by atoms with van der Waals surface area (Å²) < 4.78 is 5.90. The van der Waals surface area contributed by atoms with Gasteiger partial charge < -0.3 is 20.3 Å². The molecule has 1 aliphatic heterocycles. The molecule has 2 N–H and O–H groups in total. The molecule has 26 heavy (non-hydrogen) atoms. The third-order valence-corrected chi connectivity index (χ3v) is 4.32. The number of benzene rings is 1. The molecule has 1 amide bonds. The first-order chi connectivity index (χ1) is 12.0. The van der Waals surface area contributed by atoms with E-state index < -0.39 is 0 Å². The van der Waals surface area contributed by atoms with Crippen LogP contribution in [-0.4, -0.2) is 55.6 Å². The van der Waals surface area contributed by atoms with Gasteiger partial charge in [0, 0.05) is 32.6 Å². The summed E-state index contributed by atoms with van der Waals surface area (Å²) in [4.78, 5) is 17.9. The molecule has 1 aromatic carbocycles. The summed E-state index contributed by atoms with van der Waals surface area (Å²) in [6.07, 6.45) is 1.53. The van der Waals surface area contributed by atoms with Crippen LogP contribution >= 0.6 is 24.0 Å². The SMILES string of the molecule is CCC(=O)N1CCC(NC(=NC)NCC(C)Oc2ccc(C)cc2)C1.I. The molecule has 0 spiro atoms. The van der Waals surface area contributed by atoms with Crippen molar-refractivity contribution in [3.8, 4) is 5.75 Å². The fraction of sp³-hybridized carbons (Fsp3) is 0.579. The van der Waals surface area contributed by atoms with Crippen LogP contribution in [0.5, 0.6) is 5.75 Å². The van der Waals surface area contributed by atoms with Gasteiger partial charge in [0.15, 0.2) is 5.96 Å². The van der Waals surface area contributed by atoms with Crippen LogP contribution in [0.15, 0.2) is 29.3 Å². The smallest absolute Gasteiger partial charge is 0.222 e. The standard InChI is InChI=1S/C19H30N4O2.HI/c1-5-18(24)23-11-10-16(13-23)22-19(20-4)21-12-15(3)25-17-8-6-14(2)7-9-17;/h6-9,15-16H,5,10-13H2,1-4H3,(H2,20,21,22);1H. The van der Waals surface area contributed by atoms with E-state index in [0.29, 0.717) is 13.0 Å². The number of nitrogens with zero attached hydrogens (tertiary/aromatic N) is 2. The van der Waals surface area contributed by atoms with Crippen LogP contribution in [0.2, 0.25) is 0 Å². The monoisotopic (exact) mass is 474 g/mol. The van der Waals surface area contributed by atoms with Gasteiger partial charge in [-0.25, -0.2) is 0 Å². The number of amides is 1. The summed E-state index contributed by atoms with van der Waals surface area (Å²) in [6.45, 7) is 8.19. The second kappa shape index (κ2) is 11.3. The Hall–Kier alpha value is -1.51.